The van der Waals surface area contributed by atoms with Gasteiger partial charge in [0.1, 0.15) is 0 Å². The van der Waals surface area contributed by atoms with E-state index in [1.165, 1.54) is 6.07 Å². The van der Waals surface area contributed by atoms with E-state index in [1.54, 1.807) is 6.92 Å². The second kappa shape index (κ2) is 3.93. The second-order valence-electron chi connectivity index (χ2n) is 2.96. The minimum Gasteiger partial charge on any atom is -0.477 e. The molecule has 0 aromatic carbocycles. The lowest BCUT2D eigenvalue weighted by atomic mass is 10.3. The molecule has 15 heavy (non-hydrogen) atoms. The maximum atomic E-state index is 11.2. The fourth-order valence-electron chi connectivity index (χ4n) is 0.930. The fraction of sp³-hybridized carbons (Fsp3) is 0.375. The number of aromatic nitrogens is 2. The Kier molecular flexibility index (Phi) is 3.04. The number of rotatable bonds is 3. The average molecular weight is 230 g/mol. The van der Waals surface area contributed by atoms with Crippen LogP contribution in [0.2, 0.25) is 0 Å². The molecule has 0 saturated carbocycles. The molecule has 0 bridgehead atoms. The Morgan fingerprint density at radius 1 is 1.47 bits per heavy atom. The third kappa shape index (κ3) is 2.72. The highest BCUT2D eigenvalue weighted by Crippen LogP contribution is 2.07. The summed E-state index contributed by atoms with van der Waals surface area (Å²) >= 11 is 0. The van der Waals surface area contributed by atoms with E-state index in [2.05, 4.69) is 9.97 Å². The van der Waals surface area contributed by atoms with E-state index in [-0.39, 0.29) is 5.69 Å². The van der Waals surface area contributed by atoms with Crippen molar-refractivity contribution in [3.8, 4) is 0 Å². The summed E-state index contributed by atoms with van der Waals surface area (Å²) in [6.07, 6.45) is 1.39. The number of nitrogens with zero attached hydrogens (tertiary/aromatic N) is 2. The number of hydrogen-bond acceptors (Lipinski definition) is 5. The van der Waals surface area contributed by atoms with Gasteiger partial charge in [0.2, 0.25) is 15.0 Å². The number of hydrogen-bond donors (Lipinski definition) is 1. The van der Waals surface area contributed by atoms with Crippen molar-refractivity contribution >= 4 is 15.8 Å². The van der Waals surface area contributed by atoms with Crippen LogP contribution >= 0.6 is 0 Å². The summed E-state index contributed by atoms with van der Waals surface area (Å²) in [6, 6.07) is 1.26. The van der Waals surface area contributed by atoms with Crippen molar-refractivity contribution in [3.05, 3.63) is 17.5 Å². The lowest BCUT2D eigenvalue weighted by molar-refractivity contribution is 0.0689. The molecule has 0 saturated heterocycles. The first-order chi connectivity index (χ1) is 6.84. The summed E-state index contributed by atoms with van der Waals surface area (Å²) in [4.78, 5) is 17.9. The fourth-order valence-corrected chi connectivity index (χ4v) is 1.48. The molecule has 0 atom stereocenters. The van der Waals surface area contributed by atoms with Crippen LogP contribution in [0.4, 0.5) is 0 Å². The number of carboxylic acid groups (broad SMARTS) is 1. The molecule has 1 aromatic rings. The smallest absolute Gasteiger partial charge is 0.354 e. The van der Waals surface area contributed by atoms with Crippen LogP contribution in [0.15, 0.2) is 11.2 Å². The van der Waals surface area contributed by atoms with Crippen molar-refractivity contribution in [1.29, 1.82) is 0 Å². The number of aromatic carboxylic acids is 1. The van der Waals surface area contributed by atoms with Crippen molar-refractivity contribution in [2.45, 2.75) is 18.5 Å². The zero-order valence-corrected chi connectivity index (χ0v) is 9.08. The largest absolute Gasteiger partial charge is 0.477 e. The lowest BCUT2D eigenvalue weighted by Crippen LogP contribution is -2.11. The van der Waals surface area contributed by atoms with Crippen molar-refractivity contribution in [3.63, 3.8) is 0 Å². The third-order valence-corrected chi connectivity index (χ3v) is 2.52. The van der Waals surface area contributed by atoms with E-state index in [9.17, 15) is 13.2 Å². The van der Waals surface area contributed by atoms with Crippen LogP contribution < -0.4 is 0 Å². The highest BCUT2D eigenvalue weighted by atomic mass is 32.2. The van der Waals surface area contributed by atoms with Crippen LogP contribution in [-0.2, 0) is 16.3 Å². The normalized spacial score (nSPS) is 11.3. The van der Waals surface area contributed by atoms with Crippen LogP contribution in [0.3, 0.4) is 0 Å². The summed E-state index contributed by atoms with van der Waals surface area (Å²) in [5.41, 5.74) is 0.0881. The van der Waals surface area contributed by atoms with Gasteiger partial charge < -0.3 is 5.11 Å². The molecule has 0 fully saturated rings. The zero-order chi connectivity index (χ0) is 11.6. The van der Waals surface area contributed by atoms with Gasteiger partial charge in [-0.2, -0.15) is 0 Å². The quantitative estimate of drug-likeness (QED) is 0.742. The number of carboxylic acids is 1. The summed E-state index contributed by atoms with van der Waals surface area (Å²) in [5, 5.41) is 8.26. The summed E-state index contributed by atoms with van der Waals surface area (Å²) in [5.74, 6) is -1.27. The van der Waals surface area contributed by atoms with Gasteiger partial charge in [-0.05, 0) is 12.5 Å². The standard InChI is InChI=1S/C8H10N2O4S/c1-3-5-4-6(7(11)12)10-8(9-5)15(2,13)14/h4H,3H2,1-2H3,(H,11,12). The first kappa shape index (κ1) is 11.6. The molecule has 1 heterocycles. The molecule has 0 amide bonds. The van der Waals surface area contributed by atoms with Crippen LogP contribution in [0, 0.1) is 0 Å². The van der Waals surface area contributed by atoms with Crippen LogP contribution in [-0.4, -0.2) is 35.7 Å². The SMILES string of the molecule is CCc1cc(C(=O)O)nc(S(C)(=O)=O)n1. The van der Waals surface area contributed by atoms with Gasteiger partial charge in [0.15, 0.2) is 5.69 Å². The molecular formula is C8H10N2O4S. The van der Waals surface area contributed by atoms with Gasteiger partial charge in [-0.25, -0.2) is 23.2 Å². The molecule has 0 aliphatic heterocycles. The number of sulfone groups is 1. The van der Waals surface area contributed by atoms with Crippen molar-refractivity contribution < 1.29 is 18.3 Å². The molecule has 0 unspecified atom stereocenters. The molecule has 0 aliphatic carbocycles. The topological polar surface area (TPSA) is 97.2 Å². The molecular weight excluding hydrogens is 220 g/mol. The van der Waals surface area contributed by atoms with E-state index in [0.717, 1.165) is 6.26 Å². The lowest BCUT2D eigenvalue weighted by Gasteiger charge is -2.02. The Labute approximate surface area is 86.9 Å². The van der Waals surface area contributed by atoms with Gasteiger partial charge in [-0.1, -0.05) is 6.92 Å². The molecule has 0 spiro atoms. The first-order valence-corrected chi connectivity index (χ1v) is 6.05. The highest BCUT2D eigenvalue weighted by molar-refractivity contribution is 7.90. The van der Waals surface area contributed by atoms with E-state index in [1.807, 2.05) is 0 Å². The first-order valence-electron chi connectivity index (χ1n) is 4.16. The van der Waals surface area contributed by atoms with Crippen LogP contribution in [0.5, 0.6) is 0 Å². The van der Waals surface area contributed by atoms with Gasteiger partial charge in [0.25, 0.3) is 0 Å². The average Bonchev–Trinajstić information content (AvgIpc) is 2.15. The minimum absolute atomic E-state index is 0.303. The molecule has 1 aromatic heterocycles. The van der Waals surface area contributed by atoms with Gasteiger partial charge in [-0.3, -0.25) is 0 Å². The summed E-state index contributed by atoms with van der Waals surface area (Å²) in [6.45, 7) is 1.75. The van der Waals surface area contributed by atoms with Crippen molar-refractivity contribution in [1.82, 2.24) is 9.97 Å². The monoisotopic (exact) mass is 230 g/mol. The zero-order valence-electron chi connectivity index (χ0n) is 8.26. The van der Waals surface area contributed by atoms with Gasteiger partial charge in [0.05, 0.1) is 0 Å². The molecule has 82 valence electrons. The van der Waals surface area contributed by atoms with E-state index in [0.29, 0.717) is 12.1 Å². The number of aryl methyl sites for hydroxylation is 1. The van der Waals surface area contributed by atoms with E-state index >= 15 is 0 Å². The molecule has 7 heteroatoms. The van der Waals surface area contributed by atoms with E-state index in [4.69, 9.17) is 5.11 Å². The summed E-state index contributed by atoms with van der Waals surface area (Å²) in [7, 11) is -3.58. The van der Waals surface area contributed by atoms with E-state index < -0.39 is 21.0 Å². The Bertz CT molecular complexity index is 495. The second-order valence-corrected chi connectivity index (χ2v) is 4.87. The predicted molar refractivity (Wildman–Crippen MR) is 51.5 cm³/mol. The third-order valence-electron chi connectivity index (χ3n) is 1.67. The Morgan fingerprint density at radius 2 is 2.07 bits per heavy atom. The van der Waals surface area contributed by atoms with Gasteiger partial charge in [0, 0.05) is 11.9 Å². The van der Waals surface area contributed by atoms with Crippen molar-refractivity contribution in [2.24, 2.45) is 0 Å². The molecule has 6 nitrogen and oxygen atoms in total. The summed E-state index contributed by atoms with van der Waals surface area (Å²) < 4.78 is 22.3. The Hall–Kier alpha value is -1.50. The van der Waals surface area contributed by atoms with Gasteiger partial charge in [-0.15, -0.1) is 0 Å². The van der Waals surface area contributed by atoms with Crippen LogP contribution in [0.25, 0.3) is 0 Å². The number of carbonyl (C=O) groups is 1. The molecule has 0 aliphatic rings. The minimum atomic E-state index is -3.58. The maximum absolute atomic E-state index is 11.2. The maximum Gasteiger partial charge on any atom is 0.354 e. The Balaban J connectivity index is 3.43. The Morgan fingerprint density at radius 3 is 2.47 bits per heavy atom. The molecule has 1 rings (SSSR count). The van der Waals surface area contributed by atoms with Gasteiger partial charge >= 0.3 is 5.97 Å². The van der Waals surface area contributed by atoms with Crippen LogP contribution in [0.1, 0.15) is 23.1 Å². The molecule has 0 radical (unpaired) electrons. The highest BCUT2D eigenvalue weighted by Gasteiger charge is 2.16. The predicted octanol–water partition coefficient (Wildman–Crippen LogP) is 0.141. The molecule has 1 N–H and O–H groups in total. The van der Waals surface area contributed by atoms with Crippen molar-refractivity contribution in [2.75, 3.05) is 6.26 Å².